The van der Waals surface area contributed by atoms with Crippen molar-refractivity contribution in [3.05, 3.63) is 42.2 Å². The van der Waals surface area contributed by atoms with Crippen molar-refractivity contribution < 1.29 is 9.15 Å². The highest BCUT2D eigenvalue weighted by molar-refractivity contribution is 5.86. The third-order valence-corrected chi connectivity index (χ3v) is 3.43. The molecule has 3 rings (SSSR count). The molecule has 0 amide bonds. The van der Waals surface area contributed by atoms with Gasteiger partial charge in [0.1, 0.15) is 17.2 Å². The molecule has 108 valence electrons. The summed E-state index contributed by atoms with van der Waals surface area (Å²) in [5, 5.41) is 7.06. The number of nitrogens with zero attached hydrogens (tertiary/aromatic N) is 1. The Balaban J connectivity index is 2.07. The van der Waals surface area contributed by atoms with Crippen molar-refractivity contribution in [3.8, 4) is 28.3 Å². The van der Waals surface area contributed by atoms with Crippen molar-refractivity contribution in [1.29, 1.82) is 0 Å². The number of rotatable bonds is 4. The molecule has 0 atom stereocenters. The normalized spacial score (nSPS) is 10.8. The summed E-state index contributed by atoms with van der Waals surface area (Å²) in [6.45, 7) is 2.05. The van der Waals surface area contributed by atoms with Gasteiger partial charge >= 0.3 is 0 Å². The molecule has 0 saturated carbocycles. The molecule has 2 heterocycles. The van der Waals surface area contributed by atoms with Crippen LogP contribution in [0.1, 0.15) is 12.7 Å². The summed E-state index contributed by atoms with van der Waals surface area (Å²) < 4.78 is 11.0. The molecule has 3 N–H and O–H groups in total. The average Bonchev–Trinajstić information content (AvgIpc) is 3.13. The number of nitrogen functional groups attached to an aromatic ring is 1. The molecular weight excluding hydrogens is 266 g/mol. The fraction of sp³-hybridized carbons (Fsp3) is 0.188. The fourth-order valence-corrected chi connectivity index (χ4v) is 2.29. The maximum atomic E-state index is 6.01. The number of aromatic nitrogens is 2. The van der Waals surface area contributed by atoms with Crippen molar-refractivity contribution in [1.82, 2.24) is 10.2 Å². The van der Waals surface area contributed by atoms with Crippen LogP contribution in [0.4, 0.5) is 5.82 Å². The molecule has 0 bridgehead atoms. The number of hydrogen-bond acceptors (Lipinski definition) is 4. The van der Waals surface area contributed by atoms with E-state index in [2.05, 4.69) is 10.2 Å². The molecule has 21 heavy (non-hydrogen) atoms. The van der Waals surface area contributed by atoms with Crippen molar-refractivity contribution in [3.63, 3.8) is 0 Å². The summed E-state index contributed by atoms with van der Waals surface area (Å²) in [4.78, 5) is 0. The van der Waals surface area contributed by atoms with E-state index in [-0.39, 0.29) is 0 Å². The second-order valence-electron chi connectivity index (χ2n) is 4.71. The number of methoxy groups -OCH3 is 1. The van der Waals surface area contributed by atoms with Gasteiger partial charge in [-0.15, -0.1) is 0 Å². The molecule has 0 radical (unpaired) electrons. The summed E-state index contributed by atoms with van der Waals surface area (Å²) in [5.74, 6) is 2.92. The number of nitrogens with two attached hydrogens (primary N) is 1. The zero-order valence-electron chi connectivity index (χ0n) is 12.0. The minimum Gasteiger partial charge on any atom is -0.497 e. The number of aromatic amines is 1. The second kappa shape index (κ2) is 5.36. The predicted octanol–water partition coefficient (Wildman–Crippen LogP) is 3.49. The minimum atomic E-state index is 0.449. The SMILES string of the molecule is CCc1ccc(-c2[nH]nc(N)c2-c2ccc(OC)cc2)o1. The predicted molar refractivity (Wildman–Crippen MR) is 82.1 cm³/mol. The van der Waals surface area contributed by atoms with E-state index in [1.807, 2.05) is 43.3 Å². The van der Waals surface area contributed by atoms with E-state index < -0.39 is 0 Å². The molecule has 0 saturated heterocycles. The number of hydrogen-bond donors (Lipinski definition) is 2. The van der Waals surface area contributed by atoms with Gasteiger partial charge in [-0.25, -0.2) is 0 Å². The van der Waals surface area contributed by atoms with Crippen LogP contribution in [0, 0.1) is 0 Å². The summed E-state index contributed by atoms with van der Waals surface area (Å²) in [6, 6.07) is 11.6. The topological polar surface area (TPSA) is 77.1 Å². The van der Waals surface area contributed by atoms with E-state index in [0.717, 1.165) is 40.5 Å². The molecule has 3 aromatic rings. The standard InChI is InChI=1S/C16H17N3O2/c1-3-11-8-9-13(21-11)15-14(16(17)19-18-15)10-4-6-12(20-2)7-5-10/h4-9H,3H2,1-2H3,(H3,17,18,19). The zero-order chi connectivity index (χ0) is 14.8. The molecule has 0 spiro atoms. The Morgan fingerprint density at radius 2 is 1.95 bits per heavy atom. The third kappa shape index (κ3) is 2.38. The fourth-order valence-electron chi connectivity index (χ4n) is 2.29. The number of aryl methyl sites for hydroxylation is 1. The number of furan rings is 1. The van der Waals surface area contributed by atoms with Crippen LogP contribution < -0.4 is 10.5 Å². The van der Waals surface area contributed by atoms with Crippen molar-refractivity contribution >= 4 is 5.82 Å². The smallest absolute Gasteiger partial charge is 0.153 e. The lowest BCUT2D eigenvalue weighted by atomic mass is 10.0. The molecule has 1 aromatic carbocycles. The van der Waals surface area contributed by atoms with E-state index in [1.54, 1.807) is 7.11 Å². The van der Waals surface area contributed by atoms with E-state index in [4.69, 9.17) is 14.9 Å². The van der Waals surface area contributed by atoms with Gasteiger partial charge in [-0.1, -0.05) is 19.1 Å². The second-order valence-corrected chi connectivity index (χ2v) is 4.71. The van der Waals surface area contributed by atoms with Crippen LogP contribution >= 0.6 is 0 Å². The van der Waals surface area contributed by atoms with E-state index in [9.17, 15) is 0 Å². The van der Waals surface area contributed by atoms with Gasteiger partial charge in [0.15, 0.2) is 11.6 Å². The Labute approximate surface area is 122 Å². The Kier molecular flexibility index (Phi) is 3.39. The number of nitrogens with one attached hydrogen (secondary N) is 1. The van der Waals surface area contributed by atoms with Crippen molar-refractivity contribution in [2.45, 2.75) is 13.3 Å². The maximum Gasteiger partial charge on any atom is 0.153 e. The number of benzene rings is 1. The largest absolute Gasteiger partial charge is 0.497 e. The molecule has 0 unspecified atom stereocenters. The minimum absolute atomic E-state index is 0.449. The molecule has 0 fully saturated rings. The van der Waals surface area contributed by atoms with Gasteiger partial charge in [0.2, 0.25) is 0 Å². The third-order valence-electron chi connectivity index (χ3n) is 3.43. The van der Waals surface area contributed by atoms with Gasteiger partial charge in [0.25, 0.3) is 0 Å². The first kappa shape index (κ1) is 13.3. The average molecular weight is 283 g/mol. The quantitative estimate of drug-likeness (QED) is 0.768. The number of H-pyrrole nitrogens is 1. The van der Waals surface area contributed by atoms with Gasteiger partial charge in [0, 0.05) is 6.42 Å². The molecule has 0 aliphatic carbocycles. The number of anilines is 1. The Bertz CT molecular complexity index is 741. The van der Waals surface area contributed by atoms with Gasteiger partial charge in [-0.3, -0.25) is 5.10 Å². The highest BCUT2D eigenvalue weighted by Gasteiger charge is 2.17. The van der Waals surface area contributed by atoms with Crippen LogP contribution in [-0.4, -0.2) is 17.3 Å². The summed E-state index contributed by atoms with van der Waals surface area (Å²) in [7, 11) is 1.64. The summed E-state index contributed by atoms with van der Waals surface area (Å²) in [6.07, 6.45) is 0.849. The van der Waals surface area contributed by atoms with Crippen molar-refractivity contribution in [2.24, 2.45) is 0 Å². The van der Waals surface area contributed by atoms with E-state index in [0.29, 0.717) is 5.82 Å². The van der Waals surface area contributed by atoms with Crippen LogP contribution in [0.25, 0.3) is 22.6 Å². The lowest BCUT2D eigenvalue weighted by Gasteiger charge is -2.04. The zero-order valence-corrected chi connectivity index (χ0v) is 12.0. The summed E-state index contributed by atoms with van der Waals surface area (Å²) in [5.41, 5.74) is 8.60. The lowest BCUT2D eigenvalue weighted by Crippen LogP contribution is -1.89. The first-order valence-electron chi connectivity index (χ1n) is 6.80. The number of ether oxygens (including phenoxy) is 1. The van der Waals surface area contributed by atoms with Crippen LogP contribution in [0.2, 0.25) is 0 Å². The van der Waals surface area contributed by atoms with Crippen molar-refractivity contribution in [2.75, 3.05) is 12.8 Å². The molecule has 5 heteroatoms. The molecule has 0 aliphatic rings. The van der Waals surface area contributed by atoms with Gasteiger partial charge in [-0.2, -0.15) is 5.10 Å². The Morgan fingerprint density at radius 1 is 1.19 bits per heavy atom. The van der Waals surface area contributed by atoms with E-state index >= 15 is 0 Å². The first-order chi connectivity index (χ1) is 10.2. The van der Waals surface area contributed by atoms with Crippen LogP contribution in [0.3, 0.4) is 0 Å². The van der Waals surface area contributed by atoms with Gasteiger partial charge in [0.05, 0.1) is 12.7 Å². The van der Waals surface area contributed by atoms with E-state index in [1.165, 1.54) is 0 Å². The first-order valence-corrected chi connectivity index (χ1v) is 6.80. The molecular formula is C16H17N3O2. The van der Waals surface area contributed by atoms with Gasteiger partial charge < -0.3 is 14.9 Å². The Hall–Kier alpha value is -2.69. The Morgan fingerprint density at radius 3 is 2.57 bits per heavy atom. The molecule has 5 nitrogen and oxygen atoms in total. The molecule has 0 aliphatic heterocycles. The van der Waals surface area contributed by atoms with Crippen LogP contribution in [-0.2, 0) is 6.42 Å². The highest BCUT2D eigenvalue weighted by Crippen LogP contribution is 2.36. The van der Waals surface area contributed by atoms with Gasteiger partial charge in [-0.05, 0) is 29.8 Å². The van der Waals surface area contributed by atoms with Crippen LogP contribution in [0.5, 0.6) is 5.75 Å². The van der Waals surface area contributed by atoms with Crippen LogP contribution in [0.15, 0.2) is 40.8 Å². The summed E-state index contributed by atoms with van der Waals surface area (Å²) >= 11 is 0. The maximum absolute atomic E-state index is 6.01. The monoisotopic (exact) mass is 283 g/mol. The lowest BCUT2D eigenvalue weighted by molar-refractivity contribution is 0.415. The highest BCUT2D eigenvalue weighted by atomic mass is 16.5. The molecule has 2 aromatic heterocycles.